The number of nitrogens with one attached hydrogen (secondary N) is 1. The third-order valence-corrected chi connectivity index (χ3v) is 3.17. The number of halogens is 1. The summed E-state index contributed by atoms with van der Waals surface area (Å²) in [7, 11) is 0. The second-order valence-electron chi connectivity index (χ2n) is 4.44. The van der Waals surface area contributed by atoms with E-state index in [2.05, 4.69) is 12.2 Å². The SMILES string of the molecule is Cc1cc(CNC2CCOC2C)ccc1F. The highest BCUT2D eigenvalue weighted by atomic mass is 19.1. The third kappa shape index (κ3) is 2.60. The van der Waals surface area contributed by atoms with E-state index >= 15 is 0 Å². The second-order valence-corrected chi connectivity index (χ2v) is 4.44. The van der Waals surface area contributed by atoms with Crippen molar-refractivity contribution in [2.75, 3.05) is 6.61 Å². The minimum Gasteiger partial charge on any atom is -0.377 e. The van der Waals surface area contributed by atoms with Gasteiger partial charge in [-0.3, -0.25) is 0 Å². The van der Waals surface area contributed by atoms with Crippen molar-refractivity contribution in [3.05, 3.63) is 35.1 Å². The van der Waals surface area contributed by atoms with E-state index in [4.69, 9.17) is 4.74 Å². The Labute approximate surface area is 95.8 Å². The summed E-state index contributed by atoms with van der Waals surface area (Å²) in [6.45, 7) is 5.49. The van der Waals surface area contributed by atoms with Gasteiger partial charge in [-0.25, -0.2) is 4.39 Å². The van der Waals surface area contributed by atoms with Crippen LogP contribution >= 0.6 is 0 Å². The van der Waals surface area contributed by atoms with E-state index < -0.39 is 0 Å². The van der Waals surface area contributed by atoms with Crippen LogP contribution in [0.4, 0.5) is 4.39 Å². The summed E-state index contributed by atoms with van der Waals surface area (Å²) in [5, 5.41) is 3.45. The molecule has 1 saturated heterocycles. The first-order valence-corrected chi connectivity index (χ1v) is 5.77. The van der Waals surface area contributed by atoms with E-state index in [1.54, 1.807) is 6.92 Å². The monoisotopic (exact) mass is 223 g/mol. The van der Waals surface area contributed by atoms with Gasteiger partial charge in [0.1, 0.15) is 5.82 Å². The molecule has 0 aliphatic carbocycles. The zero-order chi connectivity index (χ0) is 11.5. The summed E-state index contributed by atoms with van der Waals surface area (Å²) in [5.74, 6) is -0.138. The van der Waals surface area contributed by atoms with Crippen LogP contribution in [0.5, 0.6) is 0 Å². The molecule has 1 N–H and O–H groups in total. The standard InChI is InChI=1S/C13H18FNO/c1-9-7-11(3-4-12(9)14)8-15-13-5-6-16-10(13)2/h3-4,7,10,13,15H,5-6,8H2,1-2H3. The highest BCUT2D eigenvalue weighted by molar-refractivity contribution is 5.23. The molecule has 0 radical (unpaired) electrons. The molecule has 2 rings (SSSR count). The zero-order valence-electron chi connectivity index (χ0n) is 9.79. The van der Waals surface area contributed by atoms with Crippen molar-refractivity contribution in [1.29, 1.82) is 0 Å². The molecule has 0 spiro atoms. The van der Waals surface area contributed by atoms with Crippen molar-refractivity contribution in [2.45, 2.75) is 39.0 Å². The number of hydrogen-bond acceptors (Lipinski definition) is 2. The fraction of sp³-hybridized carbons (Fsp3) is 0.538. The lowest BCUT2D eigenvalue weighted by Gasteiger charge is -2.16. The molecule has 2 nitrogen and oxygen atoms in total. The van der Waals surface area contributed by atoms with Crippen LogP contribution in [0.1, 0.15) is 24.5 Å². The van der Waals surface area contributed by atoms with Crippen molar-refractivity contribution in [1.82, 2.24) is 5.32 Å². The van der Waals surface area contributed by atoms with Gasteiger partial charge in [-0.2, -0.15) is 0 Å². The van der Waals surface area contributed by atoms with Crippen molar-refractivity contribution >= 4 is 0 Å². The van der Waals surface area contributed by atoms with E-state index in [0.29, 0.717) is 11.6 Å². The van der Waals surface area contributed by atoms with Crippen molar-refractivity contribution in [2.24, 2.45) is 0 Å². The fourth-order valence-corrected chi connectivity index (χ4v) is 2.07. The molecule has 1 aromatic carbocycles. The summed E-state index contributed by atoms with van der Waals surface area (Å²) in [5.41, 5.74) is 1.83. The molecule has 0 bridgehead atoms. The Morgan fingerprint density at radius 3 is 2.94 bits per heavy atom. The first-order valence-electron chi connectivity index (χ1n) is 5.77. The number of hydrogen-bond donors (Lipinski definition) is 1. The van der Waals surface area contributed by atoms with Crippen LogP contribution in [-0.2, 0) is 11.3 Å². The maximum Gasteiger partial charge on any atom is 0.126 e. The second kappa shape index (κ2) is 4.93. The number of aryl methyl sites for hydroxylation is 1. The van der Waals surface area contributed by atoms with E-state index in [1.807, 2.05) is 12.1 Å². The number of rotatable bonds is 3. The first kappa shape index (κ1) is 11.6. The van der Waals surface area contributed by atoms with E-state index in [0.717, 1.165) is 25.1 Å². The van der Waals surface area contributed by atoms with Gasteiger partial charge in [0, 0.05) is 19.2 Å². The van der Waals surface area contributed by atoms with Crippen LogP contribution in [0.3, 0.4) is 0 Å². The molecule has 2 unspecified atom stereocenters. The van der Waals surface area contributed by atoms with Crippen molar-refractivity contribution in [3.63, 3.8) is 0 Å². The Morgan fingerprint density at radius 1 is 1.50 bits per heavy atom. The normalized spacial score (nSPS) is 24.9. The molecule has 0 aromatic heterocycles. The van der Waals surface area contributed by atoms with Gasteiger partial charge in [-0.1, -0.05) is 12.1 Å². The average Bonchev–Trinajstić information content (AvgIpc) is 2.66. The van der Waals surface area contributed by atoms with Gasteiger partial charge in [0.2, 0.25) is 0 Å². The highest BCUT2D eigenvalue weighted by Gasteiger charge is 2.23. The van der Waals surface area contributed by atoms with Gasteiger partial charge in [-0.05, 0) is 37.5 Å². The summed E-state index contributed by atoms with van der Waals surface area (Å²) < 4.78 is 18.5. The largest absolute Gasteiger partial charge is 0.377 e. The molecule has 2 atom stereocenters. The fourth-order valence-electron chi connectivity index (χ4n) is 2.07. The number of benzene rings is 1. The van der Waals surface area contributed by atoms with Gasteiger partial charge in [-0.15, -0.1) is 0 Å². The highest BCUT2D eigenvalue weighted by Crippen LogP contribution is 2.14. The van der Waals surface area contributed by atoms with Gasteiger partial charge in [0.15, 0.2) is 0 Å². The van der Waals surface area contributed by atoms with E-state index in [9.17, 15) is 4.39 Å². The predicted octanol–water partition coefficient (Wildman–Crippen LogP) is 2.40. The van der Waals surface area contributed by atoms with Crippen LogP contribution in [0, 0.1) is 12.7 Å². The maximum absolute atomic E-state index is 13.1. The van der Waals surface area contributed by atoms with Crippen LogP contribution in [0.2, 0.25) is 0 Å². The van der Waals surface area contributed by atoms with Crippen LogP contribution in [0.15, 0.2) is 18.2 Å². The average molecular weight is 223 g/mol. The van der Waals surface area contributed by atoms with Gasteiger partial charge >= 0.3 is 0 Å². The van der Waals surface area contributed by atoms with Crippen molar-refractivity contribution in [3.8, 4) is 0 Å². The number of ether oxygens (including phenoxy) is 1. The van der Waals surface area contributed by atoms with Gasteiger partial charge in [0.05, 0.1) is 6.10 Å². The summed E-state index contributed by atoms with van der Waals surface area (Å²) in [4.78, 5) is 0. The Bertz CT molecular complexity index is 367. The zero-order valence-corrected chi connectivity index (χ0v) is 9.79. The lowest BCUT2D eigenvalue weighted by molar-refractivity contribution is 0.113. The molecular formula is C13H18FNO. The molecule has 88 valence electrons. The minimum atomic E-state index is -0.138. The van der Waals surface area contributed by atoms with Crippen LogP contribution in [0.25, 0.3) is 0 Å². The molecule has 0 saturated carbocycles. The molecule has 1 heterocycles. The quantitative estimate of drug-likeness (QED) is 0.849. The smallest absolute Gasteiger partial charge is 0.126 e. The molecule has 3 heteroatoms. The van der Waals surface area contributed by atoms with E-state index in [-0.39, 0.29) is 11.9 Å². The van der Waals surface area contributed by atoms with Crippen LogP contribution < -0.4 is 5.32 Å². The Hall–Kier alpha value is -0.930. The topological polar surface area (TPSA) is 21.3 Å². The summed E-state index contributed by atoms with van der Waals surface area (Å²) in [6.07, 6.45) is 1.34. The Morgan fingerprint density at radius 2 is 2.31 bits per heavy atom. The van der Waals surface area contributed by atoms with E-state index in [1.165, 1.54) is 6.07 Å². The molecule has 1 aliphatic heterocycles. The Balaban J connectivity index is 1.91. The molecule has 0 amide bonds. The van der Waals surface area contributed by atoms with Gasteiger partial charge in [0.25, 0.3) is 0 Å². The van der Waals surface area contributed by atoms with Crippen LogP contribution in [-0.4, -0.2) is 18.8 Å². The van der Waals surface area contributed by atoms with Gasteiger partial charge < -0.3 is 10.1 Å². The lowest BCUT2D eigenvalue weighted by Crippen LogP contribution is -2.34. The summed E-state index contributed by atoms with van der Waals surface area (Å²) >= 11 is 0. The lowest BCUT2D eigenvalue weighted by atomic mass is 10.1. The first-order chi connectivity index (χ1) is 7.66. The van der Waals surface area contributed by atoms with Crippen molar-refractivity contribution < 1.29 is 9.13 Å². The molecule has 1 aromatic rings. The minimum absolute atomic E-state index is 0.138. The molecule has 1 fully saturated rings. The summed E-state index contributed by atoms with van der Waals surface area (Å²) in [6, 6.07) is 5.67. The molecular weight excluding hydrogens is 205 g/mol. The molecule has 16 heavy (non-hydrogen) atoms. The predicted molar refractivity (Wildman–Crippen MR) is 61.8 cm³/mol. The maximum atomic E-state index is 13.1. The third-order valence-electron chi connectivity index (χ3n) is 3.17. The Kier molecular flexibility index (Phi) is 3.56. The molecule has 1 aliphatic rings.